The third-order valence-corrected chi connectivity index (χ3v) is 7.06. The van der Waals surface area contributed by atoms with Crippen molar-refractivity contribution in [3.05, 3.63) is 68.3 Å². The summed E-state index contributed by atoms with van der Waals surface area (Å²) in [5.41, 5.74) is 6.58. The van der Waals surface area contributed by atoms with E-state index in [0.29, 0.717) is 23.1 Å². The monoisotopic (exact) mass is 462 g/mol. The van der Waals surface area contributed by atoms with E-state index in [0.717, 1.165) is 66.5 Å². The van der Waals surface area contributed by atoms with Crippen LogP contribution in [0.3, 0.4) is 0 Å². The van der Waals surface area contributed by atoms with Gasteiger partial charge in [-0.15, -0.1) is 0 Å². The molecule has 3 heterocycles. The van der Waals surface area contributed by atoms with Crippen molar-refractivity contribution < 1.29 is 4.79 Å². The van der Waals surface area contributed by atoms with E-state index in [-0.39, 0.29) is 18.0 Å². The van der Waals surface area contributed by atoms with Crippen molar-refractivity contribution in [2.45, 2.75) is 78.8 Å². The highest BCUT2D eigenvalue weighted by atomic mass is 16.1. The Balaban J connectivity index is 1.73. The van der Waals surface area contributed by atoms with E-state index in [1.807, 2.05) is 13.0 Å². The molecule has 1 fully saturated rings. The Bertz CT molecular complexity index is 1250. The number of fused-ring (bicyclic) bond motifs is 1. The molecule has 3 N–H and O–H groups in total. The van der Waals surface area contributed by atoms with Gasteiger partial charge in [-0.3, -0.25) is 9.59 Å². The lowest BCUT2D eigenvalue weighted by molar-refractivity contribution is 0.0952. The number of amides is 1. The number of H-pyrrole nitrogens is 1. The van der Waals surface area contributed by atoms with Crippen LogP contribution in [0.15, 0.2) is 29.2 Å². The summed E-state index contributed by atoms with van der Waals surface area (Å²) in [6.07, 6.45) is 6.08. The van der Waals surface area contributed by atoms with Gasteiger partial charge in [0.15, 0.2) is 0 Å². The van der Waals surface area contributed by atoms with Crippen molar-refractivity contribution in [3.63, 3.8) is 0 Å². The molecule has 182 valence electrons. The van der Waals surface area contributed by atoms with Gasteiger partial charge >= 0.3 is 0 Å². The number of benzene rings is 1. The molecule has 6 nitrogen and oxygen atoms in total. The second-order valence-corrected chi connectivity index (χ2v) is 10.0. The fourth-order valence-electron chi connectivity index (χ4n) is 5.34. The maximum Gasteiger partial charge on any atom is 0.253 e. The predicted octanol–water partition coefficient (Wildman–Crippen LogP) is 4.88. The summed E-state index contributed by atoms with van der Waals surface area (Å²) in [7, 11) is 0. The molecular formula is C28H38N4O2. The van der Waals surface area contributed by atoms with Crippen LogP contribution in [-0.4, -0.2) is 28.5 Å². The predicted molar refractivity (Wildman–Crippen MR) is 139 cm³/mol. The summed E-state index contributed by atoms with van der Waals surface area (Å²) in [4.78, 5) is 29.2. The van der Waals surface area contributed by atoms with Crippen LogP contribution in [-0.2, 0) is 13.0 Å². The average Bonchev–Trinajstić information content (AvgIpc) is 3.15. The molecule has 3 aromatic rings. The maximum atomic E-state index is 13.6. The Morgan fingerprint density at radius 1 is 1.18 bits per heavy atom. The summed E-state index contributed by atoms with van der Waals surface area (Å²) in [6.45, 7) is 12.7. The quantitative estimate of drug-likeness (QED) is 0.468. The van der Waals surface area contributed by atoms with Gasteiger partial charge in [-0.25, -0.2) is 0 Å². The molecule has 1 aliphatic rings. The molecule has 1 aliphatic heterocycles. The van der Waals surface area contributed by atoms with Crippen molar-refractivity contribution in [3.8, 4) is 0 Å². The number of pyridine rings is 1. The molecule has 0 unspecified atom stereocenters. The van der Waals surface area contributed by atoms with Crippen LogP contribution in [0.4, 0.5) is 0 Å². The standard InChI is InChI=1S/C28H38N4O2/c1-6-7-21-12-19(5)31-28(34)24(21)15-30-27(33)23-13-22(20-8-10-29-11-9-20)14-25-26(23)18(4)16-32(25)17(2)3/h12-14,16-17,20,29H,6-11,15H2,1-5H3,(H,30,33)(H,31,34). The number of nitrogens with zero attached hydrogens (tertiary/aromatic N) is 1. The van der Waals surface area contributed by atoms with Gasteiger partial charge < -0.3 is 20.2 Å². The van der Waals surface area contributed by atoms with E-state index in [4.69, 9.17) is 0 Å². The first-order valence-corrected chi connectivity index (χ1v) is 12.7. The number of carbonyl (C=O) groups excluding carboxylic acids is 1. The average molecular weight is 463 g/mol. The molecule has 0 saturated carbocycles. The van der Waals surface area contributed by atoms with Crippen molar-refractivity contribution in [1.29, 1.82) is 0 Å². The molecule has 0 atom stereocenters. The normalized spacial score (nSPS) is 14.8. The van der Waals surface area contributed by atoms with Crippen molar-refractivity contribution in [2.24, 2.45) is 0 Å². The SMILES string of the molecule is CCCc1cc(C)[nH]c(=O)c1CNC(=O)c1cc(C2CCNCC2)cc2c1c(C)cn2C(C)C. The second kappa shape index (κ2) is 10.2. The van der Waals surface area contributed by atoms with Crippen LogP contribution < -0.4 is 16.2 Å². The first-order chi connectivity index (χ1) is 16.3. The lowest BCUT2D eigenvalue weighted by Crippen LogP contribution is -2.29. The highest BCUT2D eigenvalue weighted by Gasteiger charge is 2.23. The first-order valence-electron chi connectivity index (χ1n) is 12.7. The van der Waals surface area contributed by atoms with E-state index < -0.39 is 0 Å². The fraction of sp³-hybridized carbons (Fsp3) is 0.500. The largest absolute Gasteiger partial charge is 0.348 e. The summed E-state index contributed by atoms with van der Waals surface area (Å²) in [5, 5.41) is 7.53. The zero-order valence-corrected chi connectivity index (χ0v) is 21.2. The Kier molecular flexibility index (Phi) is 7.27. The third-order valence-electron chi connectivity index (χ3n) is 7.06. The van der Waals surface area contributed by atoms with E-state index in [1.165, 1.54) is 5.56 Å². The molecule has 1 amide bonds. The summed E-state index contributed by atoms with van der Waals surface area (Å²) in [5.74, 6) is 0.330. The van der Waals surface area contributed by atoms with Gasteiger partial charge in [-0.05, 0) is 101 Å². The fourth-order valence-corrected chi connectivity index (χ4v) is 5.34. The van der Waals surface area contributed by atoms with Gasteiger partial charge in [0.25, 0.3) is 11.5 Å². The minimum absolute atomic E-state index is 0.112. The minimum Gasteiger partial charge on any atom is -0.348 e. The van der Waals surface area contributed by atoms with Crippen LogP contribution >= 0.6 is 0 Å². The Morgan fingerprint density at radius 3 is 2.59 bits per heavy atom. The number of rotatable bonds is 7. The first kappa shape index (κ1) is 24.3. The van der Waals surface area contributed by atoms with Crippen LogP contribution in [0, 0.1) is 13.8 Å². The van der Waals surface area contributed by atoms with Crippen molar-refractivity contribution in [2.75, 3.05) is 13.1 Å². The molecule has 6 heteroatoms. The number of aromatic amines is 1. The summed E-state index contributed by atoms with van der Waals surface area (Å²) < 4.78 is 2.27. The molecule has 0 bridgehead atoms. The molecule has 1 saturated heterocycles. The summed E-state index contributed by atoms with van der Waals surface area (Å²) >= 11 is 0. The van der Waals surface area contributed by atoms with E-state index in [9.17, 15) is 9.59 Å². The molecule has 0 spiro atoms. The minimum atomic E-state index is -0.118. The number of piperidine rings is 1. The maximum absolute atomic E-state index is 13.6. The zero-order valence-electron chi connectivity index (χ0n) is 21.2. The molecule has 0 radical (unpaired) electrons. The lowest BCUT2D eigenvalue weighted by atomic mass is 9.88. The highest BCUT2D eigenvalue weighted by Crippen LogP contribution is 2.34. The van der Waals surface area contributed by atoms with Crippen LogP contribution in [0.5, 0.6) is 0 Å². The highest BCUT2D eigenvalue weighted by molar-refractivity contribution is 6.08. The Hall–Kier alpha value is -2.86. The number of aryl methyl sites for hydroxylation is 3. The Morgan fingerprint density at radius 2 is 1.91 bits per heavy atom. The van der Waals surface area contributed by atoms with E-state index in [2.05, 4.69) is 66.2 Å². The van der Waals surface area contributed by atoms with Gasteiger partial charge in [-0.1, -0.05) is 13.3 Å². The van der Waals surface area contributed by atoms with Gasteiger partial charge in [0.2, 0.25) is 0 Å². The topological polar surface area (TPSA) is 78.9 Å². The molecule has 34 heavy (non-hydrogen) atoms. The molecule has 2 aromatic heterocycles. The van der Waals surface area contributed by atoms with Crippen LogP contribution in [0.25, 0.3) is 10.9 Å². The number of aromatic nitrogens is 2. The van der Waals surface area contributed by atoms with Gasteiger partial charge in [0.1, 0.15) is 0 Å². The van der Waals surface area contributed by atoms with Crippen LogP contribution in [0.2, 0.25) is 0 Å². The van der Waals surface area contributed by atoms with Crippen molar-refractivity contribution >= 4 is 16.8 Å². The van der Waals surface area contributed by atoms with Gasteiger partial charge in [0, 0.05) is 46.5 Å². The molecular weight excluding hydrogens is 424 g/mol. The lowest BCUT2D eigenvalue weighted by Gasteiger charge is -2.24. The van der Waals surface area contributed by atoms with Crippen LogP contribution in [0.1, 0.15) is 90.3 Å². The van der Waals surface area contributed by atoms with Crippen molar-refractivity contribution in [1.82, 2.24) is 20.2 Å². The van der Waals surface area contributed by atoms with Gasteiger partial charge in [0.05, 0.1) is 0 Å². The second-order valence-electron chi connectivity index (χ2n) is 10.0. The summed E-state index contributed by atoms with van der Waals surface area (Å²) in [6, 6.07) is 6.71. The number of hydrogen-bond acceptors (Lipinski definition) is 3. The number of nitrogens with one attached hydrogen (secondary N) is 3. The van der Waals surface area contributed by atoms with E-state index in [1.54, 1.807) is 0 Å². The molecule has 4 rings (SSSR count). The third kappa shape index (κ3) is 4.83. The smallest absolute Gasteiger partial charge is 0.253 e. The van der Waals surface area contributed by atoms with Gasteiger partial charge in [-0.2, -0.15) is 0 Å². The molecule has 1 aromatic carbocycles. The van der Waals surface area contributed by atoms with E-state index >= 15 is 0 Å². The Labute approximate surface area is 202 Å². The number of carbonyl (C=O) groups is 1. The zero-order chi connectivity index (χ0) is 24.4. The number of hydrogen-bond donors (Lipinski definition) is 3. The molecule has 0 aliphatic carbocycles.